The van der Waals surface area contributed by atoms with Crippen molar-refractivity contribution in [1.29, 1.82) is 0 Å². The summed E-state index contributed by atoms with van der Waals surface area (Å²) in [5.41, 5.74) is 0.799. The van der Waals surface area contributed by atoms with Crippen LogP contribution in [0.3, 0.4) is 0 Å². The summed E-state index contributed by atoms with van der Waals surface area (Å²) < 4.78 is 18.1. The molecule has 0 bridgehead atoms. The quantitative estimate of drug-likeness (QED) is 0.897. The second-order valence-electron chi connectivity index (χ2n) is 4.68. The second-order valence-corrected chi connectivity index (χ2v) is 4.68. The fraction of sp³-hybridized carbons (Fsp3) is 0.429. The summed E-state index contributed by atoms with van der Waals surface area (Å²) in [6.45, 7) is 1.86. The van der Waals surface area contributed by atoms with Gasteiger partial charge in [-0.3, -0.25) is 4.79 Å². The number of anilines is 1. The largest absolute Gasteiger partial charge is 0.439 e. The summed E-state index contributed by atoms with van der Waals surface area (Å²) in [6.07, 6.45) is -0.502. The first kappa shape index (κ1) is 15.1. The standard InChI is InChI=1S/C14H18FN3O3/c1-16-13(19)10-21-14(20)18-7-5-17(6-8-18)12-4-2-3-11(15)9-12/h2-4,9H,5-8,10H2,1H3,(H,16,19). The van der Waals surface area contributed by atoms with Gasteiger partial charge in [-0.15, -0.1) is 0 Å². The van der Waals surface area contributed by atoms with E-state index < -0.39 is 6.09 Å². The van der Waals surface area contributed by atoms with Gasteiger partial charge in [0.25, 0.3) is 5.91 Å². The van der Waals surface area contributed by atoms with Crippen LogP contribution in [-0.4, -0.2) is 56.7 Å². The number of nitrogens with zero attached hydrogens (tertiary/aromatic N) is 2. The van der Waals surface area contributed by atoms with Gasteiger partial charge in [0, 0.05) is 38.9 Å². The normalized spacial score (nSPS) is 14.8. The predicted molar refractivity (Wildman–Crippen MR) is 75.6 cm³/mol. The number of hydrogen-bond acceptors (Lipinski definition) is 4. The molecule has 1 aromatic rings. The number of carbonyl (C=O) groups is 2. The number of rotatable bonds is 3. The Kier molecular flexibility index (Phi) is 4.97. The molecule has 0 radical (unpaired) electrons. The average Bonchev–Trinajstić information content (AvgIpc) is 2.52. The van der Waals surface area contributed by atoms with Crippen LogP contribution in [0, 0.1) is 5.82 Å². The molecule has 0 aliphatic carbocycles. The number of piperazine rings is 1. The van der Waals surface area contributed by atoms with Gasteiger partial charge in [0.15, 0.2) is 6.61 Å². The van der Waals surface area contributed by atoms with Crippen LogP contribution in [0.4, 0.5) is 14.9 Å². The predicted octanol–water partition coefficient (Wildman–Crippen LogP) is 0.830. The van der Waals surface area contributed by atoms with Crippen molar-refractivity contribution in [3.8, 4) is 0 Å². The Bertz CT molecular complexity index is 516. The van der Waals surface area contributed by atoms with E-state index in [2.05, 4.69) is 5.32 Å². The number of halogens is 1. The van der Waals surface area contributed by atoms with Crippen molar-refractivity contribution in [2.75, 3.05) is 44.7 Å². The lowest BCUT2D eigenvalue weighted by Gasteiger charge is -2.35. The van der Waals surface area contributed by atoms with Crippen molar-refractivity contribution in [3.63, 3.8) is 0 Å². The van der Waals surface area contributed by atoms with E-state index in [0.717, 1.165) is 5.69 Å². The van der Waals surface area contributed by atoms with Crippen LogP contribution in [-0.2, 0) is 9.53 Å². The molecule has 1 heterocycles. The Labute approximate surface area is 122 Å². The Morgan fingerprint density at radius 3 is 2.62 bits per heavy atom. The summed E-state index contributed by atoms with van der Waals surface area (Å²) in [5, 5.41) is 2.38. The lowest BCUT2D eigenvalue weighted by atomic mass is 10.2. The molecule has 6 nitrogen and oxygen atoms in total. The molecule has 21 heavy (non-hydrogen) atoms. The van der Waals surface area contributed by atoms with Gasteiger partial charge in [-0.25, -0.2) is 9.18 Å². The summed E-state index contributed by atoms with van der Waals surface area (Å²) >= 11 is 0. The molecule has 2 amide bonds. The van der Waals surface area contributed by atoms with E-state index in [1.54, 1.807) is 11.0 Å². The first-order valence-electron chi connectivity index (χ1n) is 6.73. The first-order chi connectivity index (χ1) is 10.1. The van der Waals surface area contributed by atoms with Crippen LogP contribution in [0.5, 0.6) is 0 Å². The zero-order valence-electron chi connectivity index (χ0n) is 11.8. The van der Waals surface area contributed by atoms with E-state index in [-0.39, 0.29) is 18.3 Å². The van der Waals surface area contributed by atoms with Crippen LogP contribution in [0.2, 0.25) is 0 Å². The second kappa shape index (κ2) is 6.92. The highest BCUT2D eigenvalue weighted by Crippen LogP contribution is 2.17. The number of amides is 2. The summed E-state index contributed by atoms with van der Waals surface area (Å²) in [4.78, 5) is 26.3. The molecular formula is C14H18FN3O3. The highest BCUT2D eigenvalue weighted by atomic mass is 19.1. The summed E-state index contributed by atoms with van der Waals surface area (Å²) in [6, 6.07) is 6.37. The van der Waals surface area contributed by atoms with Crippen molar-refractivity contribution < 1.29 is 18.7 Å². The summed E-state index contributed by atoms with van der Waals surface area (Å²) in [7, 11) is 1.48. The van der Waals surface area contributed by atoms with Gasteiger partial charge in [0.1, 0.15) is 5.82 Å². The molecular weight excluding hydrogens is 277 g/mol. The zero-order valence-corrected chi connectivity index (χ0v) is 11.8. The molecule has 1 N–H and O–H groups in total. The van der Waals surface area contributed by atoms with Gasteiger partial charge in [0.2, 0.25) is 0 Å². The van der Waals surface area contributed by atoms with E-state index in [0.29, 0.717) is 26.2 Å². The average molecular weight is 295 g/mol. The molecule has 1 fully saturated rings. The van der Waals surface area contributed by atoms with Crippen LogP contribution in [0.25, 0.3) is 0 Å². The monoisotopic (exact) mass is 295 g/mol. The molecule has 2 rings (SSSR count). The van der Waals surface area contributed by atoms with Crippen molar-refractivity contribution in [1.82, 2.24) is 10.2 Å². The Hall–Kier alpha value is -2.31. The maximum absolute atomic E-state index is 13.2. The van der Waals surface area contributed by atoms with E-state index in [4.69, 9.17) is 4.74 Å². The number of hydrogen-bond donors (Lipinski definition) is 1. The minimum Gasteiger partial charge on any atom is -0.439 e. The van der Waals surface area contributed by atoms with Crippen LogP contribution >= 0.6 is 0 Å². The number of likely N-dealkylation sites (N-methyl/N-ethyl adjacent to an activating group) is 1. The SMILES string of the molecule is CNC(=O)COC(=O)N1CCN(c2cccc(F)c2)CC1. The maximum atomic E-state index is 13.2. The highest BCUT2D eigenvalue weighted by Gasteiger charge is 2.22. The molecule has 0 atom stereocenters. The highest BCUT2D eigenvalue weighted by molar-refractivity contribution is 5.79. The minimum absolute atomic E-state index is 0.278. The van der Waals surface area contributed by atoms with Crippen molar-refractivity contribution in [2.24, 2.45) is 0 Å². The molecule has 7 heteroatoms. The van der Waals surface area contributed by atoms with Crippen molar-refractivity contribution in [2.45, 2.75) is 0 Å². The fourth-order valence-electron chi connectivity index (χ4n) is 2.11. The molecule has 114 valence electrons. The Balaban J connectivity index is 1.83. The number of nitrogens with one attached hydrogen (secondary N) is 1. The van der Waals surface area contributed by atoms with Crippen molar-refractivity contribution in [3.05, 3.63) is 30.1 Å². The first-order valence-corrected chi connectivity index (χ1v) is 6.73. The lowest BCUT2D eigenvalue weighted by molar-refractivity contribution is -0.123. The Morgan fingerprint density at radius 2 is 2.00 bits per heavy atom. The molecule has 0 aromatic heterocycles. The van der Waals surface area contributed by atoms with Gasteiger partial charge >= 0.3 is 6.09 Å². The third-order valence-corrected chi connectivity index (χ3v) is 3.32. The third kappa shape index (κ3) is 4.08. The van der Waals surface area contributed by atoms with Gasteiger partial charge < -0.3 is 19.9 Å². The summed E-state index contributed by atoms with van der Waals surface area (Å²) in [5.74, 6) is -0.623. The van der Waals surface area contributed by atoms with E-state index in [9.17, 15) is 14.0 Å². The van der Waals surface area contributed by atoms with Gasteiger partial charge in [-0.1, -0.05) is 6.07 Å². The van der Waals surface area contributed by atoms with Crippen LogP contribution < -0.4 is 10.2 Å². The van der Waals surface area contributed by atoms with Crippen LogP contribution in [0.1, 0.15) is 0 Å². The minimum atomic E-state index is -0.502. The van der Waals surface area contributed by atoms with E-state index in [1.165, 1.54) is 19.2 Å². The van der Waals surface area contributed by atoms with Crippen LogP contribution in [0.15, 0.2) is 24.3 Å². The smallest absolute Gasteiger partial charge is 0.410 e. The maximum Gasteiger partial charge on any atom is 0.410 e. The van der Waals surface area contributed by atoms with E-state index >= 15 is 0 Å². The number of benzene rings is 1. The van der Waals surface area contributed by atoms with Gasteiger partial charge in [0.05, 0.1) is 0 Å². The fourth-order valence-corrected chi connectivity index (χ4v) is 2.11. The Morgan fingerprint density at radius 1 is 1.29 bits per heavy atom. The third-order valence-electron chi connectivity index (χ3n) is 3.32. The topological polar surface area (TPSA) is 61.9 Å². The molecule has 1 aromatic carbocycles. The lowest BCUT2D eigenvalue weighted by Crippen LogP contribution is -2.49. The van der Waals surface area contributed by atoms with Crippen molar-refractivity contribution >= 4 is 17.7 Å². The molecule has 0 saturated carbocycles. The number of ether oxygens (including phenoxy) is 1. The molecule has 0 spiro atoms. The molecule has 0 unspecified atom stereocenters. The van der Waals surface area contributed by atoms with Gasteiger partial charge in [-0.05, 0) is 18.2 Å². The molecule has 1 saturated heterocycles. The number of carbonyl (C=O) groups excluding carboxylic acids is 2. The molecule has 1 aliphatic rings. The molecule has 1 aliphatic heterocycles. The van der Waals surface area contributed by atoms with E-state index in [1.807, 2.05) is 11.0 Å². The zero-order chi connectivity index (χ0) is 15.2. The van der Waals surface area contributed by atoms with Gasteiger partial charge in [-0.2, -0.15) is 0 Å².